The molecule has 168 valence electrons. The van der Waals surface area contributed by atoms with Crippen LogP contribution in [0.3, 0.4) is 0 Å². The minimum absolute atomic E-state index is 0.0187. The van der Waals surface area contributed by atoms with E-state index in [9.17, 15) is 17.6 Å². The van der Waals surface area contributed by atoms with E-state index >= 15 is 0 Å². The lowest BCUT2D eigenvalue weighted by Crippen LogP contribution is -2.41. The van der Waals surface area contributed by atoms with Crippen molar-refractivity contribution < 1.29 is 17.6 Å². The molecule has 3 aromatic rings. The second kappa shape index (κ2) is 10.3. The maximum atomic E-state index is 13.3. The zero-order valence-electron chi connectivity index (χ0n) is 17.8. The number of sulfonamides is 1. The first kappa shape index (κ1) is 23.9. The van der Waals surface area contributed by atoms with Crippen molar-refractivity contribution in [2.45, 2.75) is 31.3 Å². The normalized spacial score (nSPS) is 12.5. The van der Waals surface area contributed by atoms with Gasteiger partial charge in [0.05, 0.1) is 17.5 Å². The van der Waals surface area contributed by atoms with Crippen LogP contribution in [0.1, 0.15) is 29.7 Å². The molecule has 0 radical (unpaired) electrons. The SMILES string of the molecule is Cc1ccc(S(=O)(=O)N(CC(=O)N[C@@H](C)c2ccc(F)cc2)Cc2cccc(Cl)c2)cc1. The van der Waals surface area contributed by atoms with Gasteiger partial charge < -0.3 is 5.32 Å². The molecular formula is C24H24ClFN2O3S. The Balaban J connectivity index is 1.83. The van der Waals surface area contributed by atoms with Crippen LogP contribution in [0, 0.1) is 12.7 Å². The smallest absolute Gasteiger partial charge is 0.243 e. The van der Waals surface area contributed by atoms with Crippen molar-refractivity contribution in [2.75, 3.05) is 6.54 Å². The third kappa shape index (κ3) is 6.16. The first-order valence-electron chi connectivity index (χ1n) is 10.0. The highest BCUT2D eigenvalue weighted by Crippen LogP contribution is 2.21. The fourth-order valence-corrected chi connectivity index (χ4v) is 4.80. The first-order chi connectivity index (χ1) is 15.1. The molecule has 0 aliphatic carbocycles. The molecule has 0 aliphatic heterocycles. The van der Waals surface area contributed by atoms with E-state index < -0.39 is 22.0 Å². The lowest BCUT2D eigenvalue weighted by Gasteiger charge is -2.23. The Kier molecular flexibility index (Phi) is 7.66. The number of aryl methyl sites for hydroxylation is 1. The Morgan fingerprint density at radius 2 is 1.72 bits per heavy atom. The lowest BCUT2D eigenvalue weighted by molar-refractivity contribution is -0.122. The quantitative estimate of drug-likeness (QED) is 0.507. The highest BCUT2D eigenvalue weighted by Gasteiger charge is 2.27. The molecule has 0 bridgehead atoms. The zero-order chi connectivity index (χ0) is 23.3. The molecule has 0 aromatic heterocycles. The molecule has 0 fully saturated rings. The summed E-state index contributed by atoms with van der Waals surface area (Å²) in [6.07, 6.45) is 0. The molecule has 0 heterocycles. The summed E-state index contributed by atoms with van der Waals surface area (Å²) in [6, 6.07) is 18.7. The van der Waals surface area contributed by atoms with Gasteiger partial charge in [0.1, 0.15) is 5.82 Å². The van der Waals surface area contributed by atoms with E-state index in [-0.39, 0.29) is 23.8 Å². The highest BCUT2D eigenvalue weighted by atomic mass is 35.5. The van der Waals surface area contributed by atoms with Crippen LogP contribution < -0.4 is 5.32 Å². The number of halogens is 2. The van der Waals surface area contributed by atoms with E-state index in [2.05, 4.69) is 5.32 Å². The summed E-state index contributed by atoms with van der Waals surface area (Å²) >= 11 is 6.06. The minimum Gasteiger partial charge on any atom is -0.348 e. The Labute approximate surface area is 192 Å². The van der Waals surface area contributed by atoms with Gasteiger partial charge in [-0.05, 0) is 61.4 Å². The monoisotopic (exact) mass is 474 g/mol. The van der Waals surface area contributed by atoms with E-state index in [1.165, 1.54) is 24.3 Å². The van der Waals surface area contributed by atoms with Crippen LogP contribution in [0.5, 0.6) is 0 Å². The summed E-state index contributed by atoms with van der Waals surface area (Å²) in [4.78, 5) is 12.9. The van der Waals surface area contributed by atoms with Gasteiger partial charge in [-0.3, -0.25) is 4.79 Å². The van der Waals surface area contributed by atoms with Crippen molar-refractivity contribution in [1.82, 2.24) is 9.62 Å². The van der Waals surface area contributed by atoms with Crippen molar-refractivity contribution in [3.8, 4) is 0 Å². The van der Waals surface area contributed by atoms with Crippen LogP contribution in [0.15, 0.2) is 77.7 Å². The van der Waals surface area contributed by atoms with E-state index in [4.69, 9.17) is 11.6 Å². The average molecular weight is 475 g/mol. The number of rotatable bonds is 8. The van der Waals surface area contributed by atoms with Gasteiger partial charge in [-0.25, -0.2) is 12.8 Å². The second-order valence-electron chi connectivity index (χ2n) is 7.56. The van der Waals surface area contributed by atoms with Gasteiger partial charge in [0, 0.05) is 11.6 Å². The molecule has 3 aromatic carbocycles. The molecule has 0 spiro atoms. The standard InChI is InChI=1S/C24H24ClFN2O3S/c1-17-6-12-23(13-7-17)32(30,31)28(15-19-4-3-5-21(25)14-19)16-24(29)27-18(2)20-8-10-22(26)11-9-20/h3-14,18H,15-16H2,1-2H3,(H,27,29)/t18-/m0/s1. The summed E-state index contributed by atoms with van der Waals surface area (Å²) in [5, 5.41) is 3.26. The molecule has 0 saturated heterocycles. The van der Waals surface area contributed by atoms with Crippen molar-refractivity contribution in [2.24, 2.45) is 0 Å². The Morgan fingerprint density at radius 1 is 1.06 bits per heavy atom. The third-order valence-corrected chi connectivity index (χ3v) is 7.02. The van der Waals surface area contributed by atoms with E-state index in [0.717, 1.165) is 9.87 Å². The molecule has 32 heavy (non-hydrogen) atoms. The van der Waals surface area contributed by atoms with Gasteiger partial charge in [-0.15, -0.1) is 0 Å². The van der Waals surface area contributed by atoms with Gasteiger partial charge in [0.2, 0.25) is 15.9 Å². The molecule has 0 saturated carbocycles. The number of nitrogens with one attached hydrogen (secondary N) is 1. The summed E-state index contributed by atoms with van der Waals surface area (Å²) in [5.74, 6) is -0.844. The Bertz CT molecular complexity index is 1180. The predicted octanol–water partition coefficient (Wildman–Crippen LogP) is 4.86. The van der Waals surface area contributed by atoms with Crippen LogP contribution in [0.2, 0.25) is 5.02 Å². The number of amides is 1. The van der Waals surface area contributed by atoms with Gasteiger partial charge in [0.25, 0.3) is 0 Å². The Hall–Kier alpha value is -2.74. The van der Waals surface area contributed by atoms with Crippen LogP contribution in [0.25, 0.3) is 0 Å². The summed E-state index contributed by atoms with van der Waals surface area (Å²) < 4.78 is 41.0. The van der Waals surface area contributed by atoms with Crippen molar-refractivity contribution in [1.29, 1.82) is 0 Å². The number of carbonyl (C=O) groups excluding carboxylic acids is 1. The Morgan fingerprint density at radius 3 is 2.34 bits per heavy atom. The van der Waals surface area contributed by atoms with Crippen LogP contribution >= 0.6 is 11.6 Å². The summed E-state index contributed by atoms with van der Waals surface area (Å²) in [6.45, 7) is 3.22. The van der Waals surface area contributed by atoms with E-state index in [1.807, 2.05) is 6.92 Å². The highest BCUT2D eigenvalue weighted by molar-refractivity contribution is 7.89. The zero-order valence-corrected chi connectivity index (χ0v) is 19.3. The van der Waals surface area contributed by atoms with Crippen molar-refractivity contribution in [3.63, 3.8) is 0 Å². The number of nitrogens with zero attached hydrogens (tertiary/aromatic N) is 1. The molecule has 8 heteroatoms. The maximum absolute atomic E-state index is 13.3. The maximum Gasteiger partial charge on any atom is 0.243 e. The van der Waals surface area contributed by atoms with Gasteiger partial charge in [-0.1, -0.05) is 53.6 Å². The van der Waals surface area contributed by atoms with Gasteiger partial charge in [0.15, 0.2) is 0 Å². The molecule has 0 unspecified atom stereocenters. The molecular weight excluding hydrogens is 451 g/mol. The molecule has 1 N–H and O–H groups in total. The van der Waals surface area contributed by atoms with Crippen LogP contribution in [-0.4, -0.2) is 25.2 Å². The first-order valence-corrected chi connectivity index (χ1v) is 11.8. The number of hydrogen-bond acceptors (Lipinski definition) is 3. The van der Waals surface area contributed by atoms with E-state index in [1.54, 1.807) is 55.5 Å². The average Bonchev–Trinajstić information content (AvgIpc) is 2.74. The second-order valence-corrected chi connectivity index (χ2v) is 9.93. The molecule has 3 rings (SSSR count). The molecule has 5 nitrogen and oxygen atoms in total. The number of benzene rings is 3. The number of hydrogen-bond donors (Lipinski definition) is 1. The lowest BCUT2D eigenvalue weighted by atomic mass is 10.1. The van der Waals surface area contributed by atoms with Crippen molar-refractivity contribution in [3.05, 3.63) is 100 Å². The minimum atomic E-state index is -3.95. The summed E-state index contributed by atoms with van der Waals surface area (Å²) in [5.41, 5.74) is 2.30. The third-order valence-electron chi connectivity index (χ3n) is 4.97. The van der Waals surface area contributed by atoms with Crippen molar-refractivity contribution >= 4 is 27.5 Å². The largest absolute Gasteiger partial charge is 0.348 e. The van der Waals surface area contributed by atoms with E-state index in [0.29, 0.717) is 16.1 Å². The van der Waals surface area contributed by atoms with Gasteiger partial charge >= 0.3 is 0 Å². The molecule has 1 atom stereocenters. The fraction of sp³-hybridized carbons (Fsp3) is 0.208. The molecule has 0 aliphatic rings. The predicted molar refractivity (Wildman–Crippen MR) is 123 cm³/mol. The summed E-state index contributed by atoms with van der Waals surface area (Å²) in [7, 11) is -3.95. The number of carbonyl (C=O) groups is 1. The van der Waals surface area contributed by atoms with Crippen LogP contribution in [0.4, 0.5) is 4.39 Å². The van der Waals surface area contributed by atoms with Crippen LogP contribution in [-0.2, 0) is 21.4 Å². The van der Waals surface area contributed by atoms with Gasteiger partial charge in [-0.2, -0.15) is 4.31 Å². The molecule has 1 amide bonds. The fourth-order valence-electron chi connectivity index (χ4n) is 3.21. The topological polar surface area (TPSA) is 66.5 Å².